The standard InChI is InChI=1S/C18H23NO4/c1-23-13-6-4-12(5-7-13)18(10-2-3-11-18)19-16(20)14-8-9-15(14)17(21)22/h4-7,14-15H,2-3,8-11H2,1H3,(H,19,20)(H,21,22). The molecule has 1 aromatic rings. The van der Waals surface area contributed by atoms with Crippen LogP contribution in [-0.2, 0) is 15.1 Å². The number of amides is 1. The lowest BCUT2D eigenvalue weighted by Crippen LogP contribution is -2.51. The predicted octanol–water partition coefficient (Wildman–Crippen LogP) is 2.69. The lowest BCUT2D eigenvalue weighted by molar-refractivity contribution is -0.153. The Kier molecular flexibility index (Phi) is 4.28. The van der Waals surface area contributed by atoms with Gasteiger partial charge in [0.1, 0.15) is 5.75 Å². The maximum Gasteiger partial charge on any atom is 0.307 e. The first-order chi connectivity index (χ1) is 11.1. The molecule has 2 aliphatic carbocycles. The van der Waals surface area contributed by atoms with Crippen LogP contribution in [0.25, 0.3) is 0 Å². The van der Waals surface area contributed by atoms with Crippen LogP contribution in [0.2, 0.25) is 0 Å². The summed E-state index contributed by atoms with van der Waals surface area (Å²) >= 11 is 0. The fraction of sp³-hybridized carbons (Fsp3) is 0.556. The third-order valence-corrected chi connectivity index (χ3v) is 5.39. The molecule has 1 aromatic carbocycles. The quantitative estimate of drug-likeness (QED) is 0.875. The predicted molar refractivity (Wildman–Crippen MR) is 85.1 cm³/mol. The molecule has 5 heteroatoms. The lowest BCUT2D eigenvalue weighted by atomic mass is 9.72. The van der Waals surface area contributed by atoms with E-state index in [-0.39, 0.29) is 17.4 Å². The van der Waals surface area contributed by atoms with E-state index in [4.69, 9.17) is 9.84 Å². The van der Waals surface area contributed by atoms with Gasteiger partial charge in [-0.1, -0.05) is 25.0 Å². The molecule has 0 aliphatic heterocycles. The van der Waals surface area contributed by atoms with Crippen molar-refractivity contribution in [1.29, 1.82) is 0 Å². The monoisotopic (exact) mass is 317 g/mol. The lowest BCUT2D eigenvalue weighted by Gasteiger charge is -2.37. The number of hydrogen-bond donors (Lipinski definition) is 2. The molecule has 5 nitrogen and oxygen atoms in total. The molecule has 2 unspecified atom stereocenters. The van der Waals surface area contributed by atoms with Crippen molar-refractivity contribution in [2.45, 2.75) is 44.1 Å². The molecule has 2 atom stereocenters. The molecule has 0 spiro atoms. The Hall–Kier alpha value is -2.04. The fourth-order valence-electron chi connectivity index (χ4n) is 3.81. The van der Waals surface area contributed by atoms with Gasteiger partial charge in [0, 0.05) is 0 Å². The van der Waals surface area contributed by atoms with E-state index in [1.54, 1.807) is 7.11 Å². The Labute approximate surface area is 136 Å². The van der Waals surface area contributed by atoms with Gasteiger partial charge in [0.05, 0.1) is 24.5 Å². The second-order valence-electron chi connectivity index (χ2n) is 6.64. The summed E-state index contributed by atoms with van der Waals surface area (Å²) in [5.41, 5.74) is 0.720. The number of carboxylic acids is 1. The molecule has 0 aromatic heterocycles. The van der Waals surface area contributed by atoms with E-state index in [1.165, 1.54) is 0 Å². The first-order valence-corrected chi connectivity index (χ1v) is 8.25. The molecule has 3 rings (SSSR count). The third-order valence-electron chi connectivity index (χ3n) is 5.39. The van der Waals surface area contributed by atoms with Crippen LogP contribution in [0, 0.1) is 11.8 Å². The largest absolute Gasteiger partial charge is 0.497 e. The molecular weight excluding hydrogens is 294 g/mol. The number of benzene rings is 1. The van der Waals surface area contributed by atoms with Crippen LogP contribution in [0.4, 0.5) is 0 Å². The number of rotatable bonds is 5. The molecule has 2 fully saturated rings. The highest BCUT2D eigenvalue weighted by atomic mass is 16.5. The summed E-state index contributed by atoms with van der Waals surface area (Å²) in [6.45, 7) is 0. The van der Waals surface area contributed by atoms with Gasteiger partial charge in [-0.15, -0.1) is 0 Å². The van der Waals surface area contributed by atoms with Crippen molar-refractivity contribution in [2.24, 2.45) is 11.8 Å². The number of carbonyl (C=O) groups excluding carboxylic acids is 1. The summed E-state index contributed by atoms with van der Waals surface area (Å²) in [5, 5.41) is 12.3. The van der Waals surface area contributed by atoms with E-state index in [1.807, 2.05) is 24.3 Å². The Balaban J connectivity index is 1.78. The van der Waals surface area contributed by atoms with Crippen LogP contribution in [0.5, 0.6) is 5.75 Å². The van der Waals surface area contributed by atoms with Crippen molar-refractivity contribution in [1.82, 2.24) is 5.32 Å². The van der Waals surface area contributed by atoms with E-state index in [2.05, 4.69) is 5.32 Å². The zero-order valence-corrected chi connectivity index (χ0v) is 13.4. The number of carbonyl (C=O) groups is 2. The van der Waals surface area contributed by atoms with Gasteiger partial charge in [0.25, 0.3) is 0 Å². The first kappa shape index (κ1) is 15.8. The van der Waals surface area contributed by atoms with Gasteiger partial charge in [-0.3, -0.25) is 9.59 Å². The van der Waals surface area contributed by atoms with Crippen molar-refractivity contribution in [3.05, 3.63) is 29.8 Å². The summed E-state index contributed by atoms with van der Waals surface area (Å²) in [7, 11) is 1.63. The maximum absolute atomic E-state index is 12.6. The number of carboxylic acid groups (broad SMARTS) is 1. The number of nitrogens with one attached hydrogen (secondary N) is 1. The van der Waals surface area contributed by atoms with Crippen molar-refractivity contribution in [3.63, 3.8) is 0 Å². The van der Waals surface area contributed by atoms with E-state index >= 15 is 0 Å². The third kappa shape index (κ3) is 2.92. The number of ether oxygens (including phenoxy) is 1. The number of methoxy groups -OCH3 is 1. The normalized spacial score (nSPS) is 25.4. The molecule has 23 heavy (non-hydrogen) atoms. The molecule has 124 valence electrons. The van der Waals surface area contributed by atoms with E-state index in [9.17, 15) is 9.59 Å². The van der Waals surface area contributed by atoms with Crippen LogP contribution in [-0.4, -0.2) is 24.1 Å². The molecule has 2 N–H and O–H groups in total. The highest BCUT2D eigenvalue weighted by Gasteiger charge is 2.45. The minimum absolute atomic E-state index is 0.110. The summed E-state index contributed by atoms with van der Waals surface area (Å²) in [5.74, 6) is -1.09. The average molecular weight is 317 g/mol. The summed E-state index contributed by atoms with van der Waals surface area (Å²) in [4.78, 5) is 23.8. The zero-order chi connectivity index (χ0) is 16.4. The Bertz CT molecular complexity index is 590. The number of aliphatic carboxylic acids is 1. The zero-order valence-electron chi connectivity index (χ0n) is 13.4. The Morgan fingerprint density at radius 3 is 2.22 bits per heavy atom. The second-order valence-corrected chi connectivity index (χ2v) is 6.64. The Morgan fingerprint density at radius 1 is 1.13 bits per heavy atom. The van der Waals surface area contributed by atoms with Crippen LogP contribution >= 0.6 is 0 Å². The molecule has 0 heterocycles. The van der Waals surface area contributed by atoms with Crippen LogP contribution in [0.3, 0.4) is 0 Å². The van der Waals surface area contributed by atoms with E-state index in [0.29, 0.717) is 12.8 Å². The summed E-state index contributed by atoms with van der Waals surface area (Å²) < 4.78 is 5.20. The van der Waals surface area contributed by atoms with Crippen molar-refractivity contribution < 1.29 is 19.4 Å². The highest BCUT2D eigenvalue weighted by molar-refractivity contribution is 5.87. The van der Waals surface area contributed by atoms with Gasteiger partial charge in [-0.2, -0.15) is 0 Å². The van der Waals surface area contributed by atoms with Gasteiger partial charge < -0.3 is 15.2 Å². The van der Waals surface area contributed by atoms with Crippen molar-refractivity contribution in [2.75, 3.05) is 7.11 Å². The molecule has 2 saturated carbocycles. The van der Waals surface area contributed by atoms with Gasteiger partial charge in [0.15, 0.2) is 0 Å². The second kappa shape index (κ2) is 6.22. The van der Waals surface area contributed by atoms with Crippen molar-refractivity contribution >= 4 is 11.9 Å². The SMILES string of the molecule is COc1ccc(C2(NC(=O)C3CCC3C(=O)O)CCCC2)cc1. The van der Waals surface area contributed by atoms with Crippen LogP contribution < -0.4 is 10.1 Å². The number of hydrogen-bond acceptors (Lipinski definition) is 3. The minimum Gasteiger partial charge on any atom is -0.497 e. The minimum atomic E-state index is -0.860. The topological polar surface area (TPSA) is 75.6 Å². The molecule has 0 bridgehead atoms. The van der Waals surface area contributed by atoms with Crippen molar-refractivity contribution in [3.8, 4) is 5.75 Å². The Morgan fingerprint density at radius 2 is 1.74 bits per heavy atom. The molecule has 1 amide bonds. The molecular formula is C18H23NO4. The molecule has 0 radical (unpaired) electrons. The van der Waals surface area contributed by atoms with Gasteiger partial charge in [0.2, 0.25) is 5.91 Å². The van der Waals surface area contributed by atoms with E-state index < -0.39 is 11.9 Å². The van der Waals surface area contributed by atoms with Crippen LogP contribution in [0.15, 0.2) is 24.3 Å². The van der Waals surface area contributed by atoms with Gasteiger partial charge in [-0.05, 0) is 43.4 Å². The molecule has 2 aliphatic rings. The summed E-state index contributed by atoms with van der Waals surface area (Å²) in [6.07, 6.45) is 5.20. The van der Waals surface area contributed by atoms with E-state index in [0.717, 1.165) is 37.0 Å². The maximum atomic E-state index is 12.6. The smallest absolute Gasteiger partial charge is 0.307 e. The first-order valence-electron chi connectivity index (χ1n) is 8.25. The fourth-order valence-corrected chi connectivity index (χ4v) is 3.81. The van der Waals surface area contributed by atoms with Gasteiger partial charge in [-0.25, -0.2) is 0 Å². The average Bonchev–Trinajstić information content (AvgIpc) is 2.95. The van der Waals surface area contributed by atoms with Crippen LogP contribution in [0.1, 0.15) is 44.1 Å². The summed E-state index contributed by atoms with van der Waals surface area (Å²) in [6, 6.07) is 7.82. The highest BCUT2D eigenvalue weighted by Crippen LogP contribution is 2.41. The van der Waals surface area contributed by atoms with Gasteiger partial charge >= 0.3 is 5.97 Å². The molecule has 0 saturated heterocycles.